The second-order valence-corrected chi connectivity index (χ2v) is 5.95. The maximum atomic E-state index is 12.7. The van der Waals surface area contributed by atoms with E-state index in [-0.39, 0.29) is 17.6 Å². The van der Waals surface area contributed by atoms with Gasteiger partial charge in [-0.2, -0.15) is 8.78 Å². The number of rotatable bonds is 5. The monoisotopic (exact) mass is 360 g/mol. The highest BCUT2D eigenvalue weighted by Crippen LogP contribution is 2.25. The fourth-order valence-electron chi connectivity index (χ4n) is 3.01. The molecule has 0 unspecified atom stereocenters. The van der Waals surface area contributed by atoms with Crippen LogP contribution in [0.3, 0.4) is 0 Å². The van der Waals surface area contributed by atoms with Gasteiger partial charge in [0.25, 0.3) is 5.91 Å². The molecule has 2 aromatic rings. The van der Waals surface area contributed by atoms with Gasteiger partial charge < -0.3 is 14.5 Å². The molecule has 1 heterocycles. The number of carbonyl (C=O) groups is 2. The first-order chi connectivity index (χ1) is 12.5. The van der Waals surface area contributed by atoms with E-state index in [0.29, 0.717) is 18.5 Å². The summed E-state index contributed by atoms with van der Waals surface area (Å²) < 4.78 is 28.7. The van der Waals surface area contributed by atoms with Gasteiger partial charge in [0.15, 0.2) is 0 Å². The maximum absolute atomic E-state index is 12.7. The summed E-state index contributed by atoms with van der Waals surface area (Å²) in [6, 6.07) is 14.2. The smallest absolute Gasteiger partial charge is 0.387 e. The van der Waals surface area contributed by atoms with Gasteiger partial charge in [-0.1, -0.05) is 18.2 Å². The number of para-hydroxylation sites is 1. The third kappa shape index (κ3) is 3.66. The van der Waals surface area contributed by atoms with Crippen LogP contribution >= 0.6 is 0 Å². The number of alkyl halides is 2. The number of halogens is 2. The average Bonchev–Trinajstić information content (AvgIpc) is 3.03. The van der Waals surface area contributed by atoms with Crippen molar-refractivity contribution in [1.29, 1.82) is 0 Å². The van der Waals surface area contributed by atoms with Crippen molar-refractivity contribution >= 4 is 17.5 Å². The van der Waals surface area contributed by atoms with Crippen LogP contribution in [0.2, 0.25) is 0 Å². The first-order valence-electron chi connectivity index (χ1n) is 8.16. The molecular formula is C19H18F2N2O3. The first kappa shape index (κ1) is 17.8. The van der Waals surface area contributed by atoms with Crippen molar-refractivity contribution < 1.29 is 23.1 Å². The number of ether oxygens (including phenoxy) is 1. The van der Waals surface area contributed by atoms with E-state index in [1.54, 1.807) is 11.9 Å². The molecule has 1 aliphatic rings. The van der Waals surface area contributed by atoms with Crippen LogP contribution in [-0.2, 0) is 4.79 Å². The van der Waals surface area contributed by atoms with Crippen LogP contribution in [0.4, 0.5) is 14.5 Å². The highest BCUT2D eigenvalue weighted by Gasteiger charge is 2.37. The number of likely N-dealkylation sites (N-methyl/N-ethyl adjacent to an activating group) is 1. The SMILES string of the molecule is CN(C(=O)c1ccc(OC(F)F)cc1)[C@@H]1CCN(c2ccccc2)C1=O. The van der Waals surface area contributed by atoms with E-state index in [1.165, 1.54) is 29.2 Å². The number of hydrogen-bond donors (Lipinski definition) is 0. The van der Waals surface area contributed by atoms with Crippen LogP contribution in [0.5, 0.6) is 5.75 Å². The molecule has 2 aromatic carbocycles. The molecule has 0 spiro atoms. The van der Waals surface area contributed by atoms with E-state index in [2.05, 4.69) is 4.74 Å². The molecule has 3 rings (SSSR count). The molecule has 1 fully saturated rings. The minimum Gasteiger partial charge on any atom is -0.435 e. The van der Waals surface area contributed by atoms with Crippen LogP contribution < -0.4 is 9.64 Å². The van der Waals surface area contributed by atoms with Crippen molar-refractivity contribution in [2.24, 2.45) is 0 Å². The molecule has 0 aromatic heterocycles. The lowest BCUT2D eigenvalue weighted by Gasteiger charge is -2.24. The zero-order valence-corrected chi connectivity index (χ0v) is 14.1. The Bertz CT molecular complexity index is 781. The number of hydrogen-bond acceptors (Lipinski definition) is 3. The second kappa shape index (κ2) is 7.51. The summed E-state index contributed by atoms with van der Waals surface area (Å²) in [4.78, 5) is 28.4. The predicted molar refractivity (Wildman–Crippen MR) is 92.4 cm³/mol. The van der Waals surface area contributed by atoms with Gasteiger partial charge >= 0.3 is 6.61 Å². The van der Waals surface area contributed by atoms with Gasteiger partial charge in [0.1, 0.15) is 11.8 Å². The molecule has 5 nitrogen and oxygen atoms in total. The number of benzene rings is 2. The Morgan fingerprint density at radius 2 is 1.81 bits per heavy atom. The fraction of sp³-hybridized carbons (Fsp3) is 0.263. The molecule has 0 aliphatic carbocycles. The van der Waals surface area contributed by atoms with Crippen LogP contribution in [0.1, 0.15) is 16.8 Å². The standard InChI is InChI=1S/C19H18F2N2O3/c1-22(17(24)13-7-9-15(10-8-13)26-19(20)21)16-11-12-23(18(16)25)14-5-3-2-4-6-14/h2-10,16,19H,11-12H2,1H3/t16-/m1/s1. The highest BCUT2D eigenvalue weighted by molar-refractivity contribution is 6.03. The van der Waals surface area contributed by atoms with E-state index in [4.69, 9.17) is 0 Å². The lowest BCUT2D eigenvalue weighted by molar-refractivity contribution is -0.120. The molecule has 26 heavy (non-hydrogen) atoms. The molecule has 1 aliphatic heterocycles. The Morgan fingerprint density at radius 3 is 2.42 bits per heavy atom. The zero-order valence-electron chi connectivity index (χ0n) is 14.1. The number of anilines is 1. The molecule has 2 amide bonds. The Morgan fingerprint density at radius 1 is 1.15 bits per heavy atom. The predicted octanol–water partition coefficient (Wildman–Crippen LogP) is 3.17. The van der Waals surface area contributed by atoms with Gasteiger partial charge in [0, 0.05) is 24.8 Å². The van der Waals surface area contributed by atoms with E-state index in [9.17, 15) is 18.4 Å². The van der Waals surface area contributed by atoms with Crippen molar-refractivity contribution in [1.82, 2.24) is 4.90 Å². The van der Waals surface area contributed by atoms with Crippen molar-refractivity contribution in [3.8, 4) is 5.75 Å². The first-order valence-corrected chi connectivity index (χ1v) is 8.16. The molecule has 1 saturated heterocycles. The van der Waals surface area contributed by atoms with E-state index in [0.717, 1.165) is 5.69 Å². The third-order valence-corrected chi connectivity index (χ3v) is 4.36. The Balaban J connectivity index is 1.70. The Kier molecular flexibility index (Phi) is 5.16. The number of carbonyl (C=O) groups excluding carboxylic acids is 2. The third-order valence-electron chi connectivity index (χ3n) is 4.36. The Labute approximate surface area is 149 Å². The molecule has 7 heteroatoms. The normalized spacial score (nSPS) is 16.8. The second-order valence-electron chi connectivity index (χ2n) is 5.95. The number of nitrogens with zero attached hydrogens (tertiary/aromatic N) is 2. The summed E-state index contributed by atoms with van der Waals surface area (Å²) in [6.45, 7) is -2.38. The molecular weight excluding hydrogens is 342 g/mol. The summed E-state index contributed by atoms with van der Waals surface area (Å²) in [5, 5.41) is 0. The minimum absolute atomic E-state index is 0.0219. The van der Waals surface area contributed by atoms with Gasteiger partial charge in [-0.05, 0) is 42.8 Å². The van der Waals surface area contributed by atoms with Crippen molar-refractivity contribution in [3.05, 3.63) is 60.2 Å². The van der Waals surface area contributed by atoms with Gasteiger partial charge in [0.05, 0.1) is 0 Å². The van der Waals surface area contributed by atoms with Crippen LogP contribution in [-0.4, -0.2) is 43.0 Å². The van der Waals surface area contributed by atoms with Crippen molar-refractivity contribution in [3.63, 3.8) is 0 Å². The summed E-state index contributed by atoms with van der Waals surface area (Å²) in [5.41, 5.74) is 1.11. The lowest BCUT2D eigenvalue weighted by Crippen LogP contribution is -2.43. The van der Waals surface area contributed by atoms with Crippen molar-refractivity contribution in [2.45, 2.75) is 19.1 Å². The van der Waals surface area contributed by atoms with Crippen LogP contribution in [0.15, 0.2) is 54.6 Å². The van der Waals surface area contributed by atoms with Crippen LogP contribution in [0.25, 0.3) is 0 Å². The van der Waals surface area contributed by atoms with Gasteiger partial charge in [0.2, 0.25) is 5.91 Å². The largest absolute Gasteiger partial charge is 0.435 e. The minimum atomic E-state index is -2.92. The fourth-order valence-corrected chi connectivity index (χ4v) is 3.01. The summed E-state index contributed by atoms with van der Waals surface area (Å²) in [6.07, 6.45) is 0.530. The molecule has 1 atom stereocenters. The topological polar surface area (TPSA) is 49.9 Å². The molecule has 0 N–H and O–H groups in total. The Hall–Kier alpha value is -2.96. The van der Waals surface area contributed by atoms with E-state index < -0.39 is 12.7 Å². The average molecular weight is 360 g/mol. The molecule has 0 radical (unpaired) electrons. The van der Waals surface area contributed by atoms with E-state index in [1.807, 2.05) is 30.3 Å². The summed E-state index contributed by atoms with van der Waals surface area (Å²) >= 11 is 0. The van der Waals surface area contributed by atoms with E-state index >= 15 is 0 Å². The maximum Gasteiger partial charge on any atom is 0.387 e. The van der Waals surface area contributed by atoms with Gasteiger partial charge in [-0.25, -0.2) is 0 Å². The molecule has 0 saturated carbocycles. The summed E-state index contributed by atoms with van der Waals surface area (Å²) in [5.74, 6) is -0.502. The molecule has 0 bridgehead atoms. The summed E-state index contributed by atoms with van der Waals surface area (Å²) in [7, 11) is 1.57. The zero-order chi connectivity index (χ0) is 18.7. The quantitative estimate of drug-likeness (QED) is 0.823. The van der Waals surface area contributed by atoms with Gasteiger partial charge in [-0.15, -0.1) is 0 Å². The highest BCUT2D eigenvalue weighted by atomic mass is 19.3. The molecule has 136 valence electrons. The number of amides is 2. The lowest BCUT2D eigenvalue weighted by atomic mass is 10.1. The van der Waals surface area contributed by atoms with Crippen LogP contribution in [0, 0.1) is 0 Å². The van der Waals surface area contributed by atoms with Crippen molar-refractivity contribution in [2.75, 3.05) is 18.5 Å². The van der Waals surface area contributed by atoms with Gasteiger partial charge in [-0.3, -0.25) is 9.59 Å².